The molecule has 0 aromatic heterocycles. The maximum atomic E-state index is 12.4. The van der Waals surface area contributed by atoms with Gasteiger partial charge in [-0.15, -0.1) is 0 Å². The van der Waals surface area contributed by atoms with Gasteiger partial charge in [0.2, 0.25) is 0 Å². The quantitative estimate of drug-likeness (QED) is 0.676. The van der Waals surface area contributed by atoms with Crippen LogP contribution in [0.3, 0.4) is 0 Å². The van der Waals surface area contributed by atoms with Gasteiger partial charge in [0, 0.05) is 25.3 Å². The molecular formula is C16H20N2O2. The minimum absolute atomic E-state index is 0.339. The highest BCUT2D eigenvalue weighted by atomic mass is 16.2. The Kier molecular flexibility index (Phi) is 3.47. The summed E-state index contributed by atoms with van der Waals surface area (Å²) in [5.41, 5.74) is 2.05. The standard InChI is InChI=1S/C16H20N2O2/c1-12-6-9-17(10-7-12)15(19)16(20)18-11-8-13-4-2-3-5-14(13)18/h2-5,12H,6-11H2,1H3. The lowest BCUT2D eigenvalue weighted by Crippen LogP contribution is -2.47. The zero-order valence-electron chi connectivity index (χ0n) is 11.8. The number of likely N-dealkylation sites (tertiary alicyclic amines) is 1. The van der Waals surface area contributed by atoms with E-state index < -0.39 is 0 Å². The minimum Gasteiger partial charge on any atom is -0.334 e. The van der Waals surface area contributed by atoms with E-state index in [9.17, 15) is 9.59 Å². The van der Waals surface area contributed by atoms with Gasteiger partial charge in [-0.3, -0.25) is 9.59 Å². The zero-order valence-corrected chi connectivity index (χ0v) is 11.8. The van der Waals surface area contributed by atoms with Crippen LogP contribution in [0.25, 0.3) is 0 Å². The molecular weight excluding hydrogens is 252 g/mol. The van der Waals surface area contributed by atoms with Gasteiger partial charge < -0.3 is 9.80 Å². The van der Waals surface area contributed by atoms with Crippen molar-refractivity contribution in [3.05, 3.63) is 29.8 Å². The van der Waals surface area contributed by atoms with E-state index >= 15 is 0 Å². The molecule has 3 rings (SSSR count). The Bertz CT molecular complexity index is 533. The normalized spacial score (nSPS) is 19.1. The second kappa shape index (κ2) is 5.27. The molecule has 1 aromatic rings. The number of carbonyl (C=O) groups is 2. The first-order valence-corrected chi connectivity index (χ1v) is 7.35. The summed E-state index contributed by atoms with van der Waals surface area (Å²) in [5.74, 6) is -0.0558. The number of para-hydroxylation sites is 1. The van der Waals surface area contributed by atoms with Crippen molar-refractivity contribution in [3.63, 3.8) is 0 Å². The van der Waals surface area contributed by atoms with Gasteiger partial charge >= 0.3 is 11.8 Å². The summed E-state index contributed by atoms with van der Waals surface area (Å²) in [4.78, 5) is 28.1. The van der Waals surface area contributed by atoms with E-state index in [1.54, 1.807) is 9.80 Å². The molecule has 1 aromatic carbocycles. The molecule has 1 saturated heterocycles. The highest BCUT2D eigenvalue weighted by Crippen LogP contribution is 2.28. The predicted molar refractivity (Wildman–Crippen MR) is 77.5 cm³/mol. The van der Waals surface area contributed by atoms with Crippen LogP contribution in [0.2, 0.25) is 0 Å². The average Bonchev–Trinajstić information content (AvgIpc) is 2.90. The average molecular weight is 272 g/mol. The lowest BCUT2D eigenvalue weighted by atomic mass is 9.99. The third-order valence-corrected chi connectivity index (χ3v) is 4.39. The first kappa shape index (κ1) is 13.2. The number of benzene rings is 1. The first-order chi connectivity index (χ1) is 9.66. The molecule has 0 unspecified atom stereocenters. The summed E-state index contributed by atoms with van der Waals surface area (Å²) < 4.78 is 0. The number of hydrogen-bond donors (Lipinski definition) is 0. The van der Waals surface area contributed by atoms with Gasteiger partial charge in [0.15, 0.2) is 0 Å². The van der Waals surface area contributed by atoms with Gasteiger partial charge in [-0.2, -0.15) is 0 Å². The second-order valence-electron chi connectivity index (χ2n) is 5.81. The Labute approximate surface area is 119 Å². The Morgan fingerprint density at radius 2 is 1.75 bits per heavy atom. The fraction of sp³-hybridized carbons (Fsp3) is 0.500. The Balaban J connectivity index is 1.72. The molecule has 0 bridgehead atoms. The monoisotopic (exact) mass is 272 g/mol. The number of nitrogens with zero attached hydrogens (tertiary/aromatic N) is 2. The number of fused-ring (bicyclic) bond motifs is 1. The van der Waals surface area contributed by atoms with E-state index in [4.69, 9.17) is 0 Å². The minimum atomic E-state index is -0.371. The van der Waals surface area contributed by atoms with Gasteiger partial charge in [0.25, 0.3) is 0 Å². The Hall–Kier alpha value is -1.84. The third kappa shape index (κ3) is 2.30. The molecule has 0 radical (unpaired) electrons. The van der Waals surface area contributed by atoms with Crippen LogP contribution in [-0.4, -0.2) is 36.3 Å². The predicted octanol–water partition coefficient (Wildman–Crippen LogP) is 1.83. The van der Waals surface area contributed by atoms with Crippen LogP contribution >= 0.6 is 0 Å². The molecule has 0 N–H and O–H groups in total. The van der Waals surface area contributed by atoms with E-state index in [1.165, 1.54) is 0 Å². The summed E-state index contributed by atoms with van der Waals surface area (Å²) in [6.07, 6.45) is 2.83. The number of carbonyl (C=O) groups excluding carboxylic acids is 2. The summed E-state index contributed by atoms with van der Waals surface area (Å²) in [6.45, 7) is 4.23. The number of hydrogen-bond acceptors (Lipinski definition) is 2. The summed E-state index contributed by atoms with van der Waals surface area (Å²) in [7, 11) is 0. The molecule has 20 heavy (non-hydrogen) atoms. The molecule has 2 aliphatic heterocycles. The summed E-state index contributed by atoms with van der Waals surface area (Å²) in [6, 6.07) is 7.83. The maximum absolute atomic E-state index is 12.4. The van der Waals surface area contributed by atoms with Crippen molar-refractivity contribution in [1.29, 1.82) is 0 Å². The van der Waals surface area contributed by atoms with E-state index in [0.29, 0.717) is 25.6 Å². The number of rotatable bonds is 0. The fourth-order valence-corrected chi connectivity index (χ4v) is 3.01. The van der Waals surface area contributed by atoms with Gasteiger partial charge in [0.05, 0.1) is 0 Å². The van der Waals surface area contributed by atoms with Crippen LogP contribution in [-0.2, 0) is 16.0 Å². The van der Waals surface area contributed by atoms with Gasteiger partial charge in [-0.25, -0.2) is 0 Å². The molecule has 0 aliphatic carbocycles. The lowest BCUT2D eigenvalue weighted by Gasteiger charge is -2.31. The molecule has 4 nitrogen and oxygen atoms in total. The zero-order chi connectivity index (χ0) is 14.1. The van der Waals surface area contributed by atoms with Gasteiger partial charge in [-0.05, 0) is 36.8 Å². The molecule has 106 valence electrons. The molecule has 4 heteroatoms. The van der Waals surface area contributed by atoms with Crippen LogP contribution < -0.4 is 4.90 Å². The molecule has 0 saturated carbocycles. The van der Waals surface area contributed by atoms with Crippen LogP contribution in [0.15, 0.2) is 24.3 Å². The van der Waals surface area contributed by atoms with Crippen LogP contribution in [0, 0.1) is 5.92 Å². The maximum Gasteiger partial charge on any atom is 0.316 e. The SMILES string of the molecule is CC1CCN(C(=O)C(=O)N2CCc3ccccc32)CC1. The van der Waals surface area contributed by atoms with E-state index in [-0.39, 0.29) is 11.8 Å². The van der Waals surface area contributed by atoms with Crippen molar-refractivity contribution in [3.8, 4) is 0 Å². The van der Waals surface area contributed by atoms with Crippen molar-refractivity contribution in [1.82, 2.24) is 4.90 Å². The van der Waals surface area contributed by atoms with Gasteiger partial charge in [-0.1, -0.05) is 25.1 Å². The molecule has 2 aliphatic rings. The molecule has 0 atom stereocenters. The van der Waals surface area contributed by atoms with E-state index in [0.717, 1.165) is 30.5 Å². The van der Waals surface area contributed by atoms with Crippen LogP contribution in [0.1, 0.15) is 25.3 Å². The van der Waals surface area contributed by atoms with Crippen molar-refractivity contribution < 1.29 is 9.59 Å². The summed E-state index contributed by atoms with van der Waals surface area (Å²) >= 11 is 0. The first-order valence-electron chi connectivity index (χ1n) is 7.35. The van der Waals surface area contributed by atoms with E-state index in [1.807, 2.05) is 24.3 Å². The van der Waals surface area contributed by atoms with Gasteiger partial charge in [0.1, 0.15) is 0 Å². The van der Waals surface area contributed by atoms with Crippen molar-refractivity contribution in [2.45, 2.75) is 26.2 Å². The van der Waals surface area contributed by atoms with Crippen LogP contribution in [0.4, 0.5) is 5.69 Å². The second-order valence-corrected chi connectivity index (χ2v) is 5.81. The fourth-order valence-electron chi connectivity index (χ4n) is 3.01. The van der Waals surface area contributed by atoms with Crippen molar-refractivity contribution in [2.75, 3.05) is 24.5 Å². The third-order valence-electron chi connectivity index (χ3n) is 4.39. The van der Waals surface area contributed by atoms with Crippen molar-refractivity contribution in [2.24, 2.45) is 5.92 Å². The number of piperidine rings is 1. The number of amides is 2. The van der Waals surface area contributed by atoms with Crippen LogP contribution in [0.5, 0.6) is 0 Å². The lowest BCUT2D eigenvalue weighted by molar-refractivity contribution is -0.145. The van der Waals surface area contributed by atoms with Crippen molar-refractivity contribution >= 4 is 17.5 Å². The summed E-state index contributed by atoms with van der Waals surface area (Å²) in [5, 5.41) is 0. The highest BCUT2D eigenvalue weighted by molar-refractivity contribution is 6.40. The topological polar surface area (TPSA) is 40.6 Å². The Morgan fingerprint density at radius 3 is 2.50 bits per heavy atom. The number of anilines is 1. The molecule has 2 heterocycles. The molecule has 2 amide bonds. The Morgan fingerprint density at radius 1 is 1.05 bits per heavy atom. The largest absolute Gasteiger partial charge is 0.334 e. The van der Waals surface area contributed by atoms with E-state index in [2.05, 4.69) is 6.92 Å². The molecule has 1 fully saturated rings. The highest BCUT2D eigenvalue weighted by Gasteiger charge is 2.32. The molecule has 0 spiro atoms. The smallest absolute Gasteiger partial charge is 0.316 e.